The van der Waals surface area contributed by atoms with Crippen LogP contribution in [0, 0.1) is 0 Å². The van der Waals surface area contributed by atoms with Gasteiger partial charge in [0.2, 0.25) is 0 Å². The monoisotopic (exact) mass is 206 g/mol. The van der Waals surface area contributed by atoms with Gasteiger partial charge in [-0.2, -0.15) is 0 Å². The van der Waals surface area contributed by atoms with Crippen molar-refractivity contribution < 1.29 is 9.47 Å². The third-order valence-electron chi connectivity index (χ3n) is 2.74. The maximum atomic E-state index is 5.79. The fourth-order valence-electron chi connectivity index (χ4n) is 1.73. The summed E-state index contributed by atoms with van der Waals surface area (Å²) >= 11 is 0. The second-order valence-electron chi connectivity index (χ2n) is 4.33. The third-order valence-corrected chi connectivity index (χ3v) is 2.74. The second-order valence-corrected chi connectivity index (χ2v) is 4.33. The van der Waals surface area contributed by atoms with Crippen molar-refractivity contribution in [2.45, 2.75) is 32.3 Å². The van der Waals surface area contributed by atoms with Crippen LogP contribution in [-0.4, -0.2) is 19.3 Å². The second kappa shape index (κ2) is 4.67. The maximum absolute atomic E-state index is 5.79. The molecular weight excluding hydrogens is 188 g/mol. The molecule has 1 aromatic carbocycles. The third kappa shape index (κ3) is 2.72. The standard InChI is InChI=1S/C13H18O2/c1-10(2)11-3-5-12(6-4-11)15-13-7-8-14-9-13/h3-6,10,13H,7-9H2,1-2H3. The van der Waals surface area contributed by atoms with Gasteiger partial charge in [0.05, 0.1) is 13.2 Å². The van der Waals surface area contributed by atoms with Gasteiger partial charge in [-0.1, -0.05) is 26.0 Å². The Labute approximate surface area is 91.2 Å². The number of hydrogen-bond acceptors (Lipinski definition) is 2. The first kappa shape index (κ1) is 10.5. The fraction of sp³-hybridized carbons (Fsp3) is 0.538. The highest BCUT2D eigenvalue weighted by Gasteiger charge is 2.16. The molecule has 1 aliphatic heterocycles. The van der Waals surface area contributed by atoms with Gasteiger partial charge >= 0.3 is 0 Å². The first-order valence-electron chi connectivity index (χ1n) is 5.60. The van der Waals surface area contributed by atoms with E-state index < -0.39 is 0 Å². The smallest absolute Gasteiger partial charge is 0.124 e. The fourth-order valence-corrected chi connectivity index (χ4v) is 1.73. The quantitative estimate of drug-likeness (QED) is 0.757. The van der Waals surface area contributed by atoms with E-state index in [2.05, 4.69) is 26.0 Å². The predicted octanol–water partition coefficient (Wildman–Crippen LogP) is 2.98. The summed E-state index contributed by atoms with van der Waals surface area (Å²) in [6.45, 7) is 5.95. The molecule has 2 rings (SSSR count). The van der Waals surface area contributed by atoms with Crippen molar-refractivity contribution in [3.8, 4) is 5.75 Å². The zero-order valence-electron chi connectivity index (χ0n) is 9.40. The van der Waals surface area contributed by atoms with E-state index in [1.807, 2.05) is 12.1 Å². The minimum Gasteiger partial charge on any atom is -0.488 e. The Morgan fingerprint density at radius 1 is 1.27 bits per heavy atom. The van der Waals surface area contributed by atoms with Crippen LogP contribution in [0.4, 0.5) is 0 Å². The summed E-state index contributed by atoms with van der Waals surface area (Å²) in [5, 5.41) is 0. The van der Waals surface area contributed by atoms with E-state index in [0.29, 0.717) is 5.92 Å². The lowest BCUT2D eigenvalue weighted by molar-refractivity contribution is 0.141. The number of ether oxygens (including phenoxy) is 2. The van der Waals surface area contributed by atoms with E-state index in [1.54, 1.807) is 0 Å². The highest BCUT2D eigenvalue weighted by Crippen LogP contribution is 2.21. The first-order chi connectivity index (χ1) is 7.25. The lowest BCUT2D eigenvalue weighted by atomic mass is 10.0. The Bertz CT molecular complexity index is 297. The lowest BCUT2D eigenvalue weighted by Crippen LogP contribution is -2.15. The molecule has 1 aliphatic rings. The molecule has 0 aromatic heterocycles. The molecule has 1 aromatic rings. The van der Waals surface area contributed by atoms with Crippen LogP contribution in [0.3, 0.4) is 0 Å². The maximum Gasteiger partial charge on any atom is 0.124 e. The van der Waals surface area contributed by atoms with Gasteiger partial charge in [0, 0.05) is 6.42 Å². The average Bonchev–Trinajstić information content (AvgIpc) is 2.71. The molecule has 1 atom stereocenters. The number of benzene rings is 1. The van der Waals surface area contributed by atoms with Crippen molar-refractivity contribution in [3.05, 3.63) is 29.8 Å². The summed E-state index contributed by atoms with van der Waals surface area (Å²) in [6.07, 6.45) is 1.25. The molecule has 0 N–H and O–H groups in total. The SMILES string of the molecule is CC(C)c1ccc(OC2CCOC2)cc1. The minimum absolute atomic E-state index is 0.245. The Balaban J connectivity index is 1.97. The van der Waals surface area contributed by atoms with Crippen molar-refractivity contribution in [2.24, 2.45) is 0 Å². The topological polar surface area (TPSA) is 18.5 Å². The Kier molecular flexibility index (Phi) is 3.27. The van der Waals surface area contributed by atoms with E-state index in [4.69, 9.17) is 9.47 Å². The van der Waals surface area contributed by atoms with Crippen LogP contribution in [0.5, 0.6) is 5.75 Å². The van der Waals surface area contributed by atoms with Crippen LogP contribution >= 0.6 is 0 Å². The van der Waals surface area contributed by atoms with Crippen LogP contribution in [0.2, 0.25) is 0 Å². The van der Waals surface area contributed by atoms with Gasteiger partial charge in [-0.25, -0.2) is 0 Å². The summed E-state index contributed by atoms with van der Waals surface area (Å²) < 4.78 is 11.1. The molecule has 1 fully saturated rings. The molecule has 1 unspecified atom stereocenters. The summed E-state index contributed by atoms with van der Waals surface area (Å²) in [5.41, 5.74) is 1.35. The van der Waals surface area contributed by atoms with E-state index in [0.717, 1.165) is 25.4 Å². The van der Waals surface area contributed by atoms with Crippen molar-refractivity contribution in [2.75, 3.05) is 13.2 Å². The molecular formula is C13H18O2. The van der Waals surface area contributed by atoms with Crippen LogP contribution < -0.4 is 4.74 Å². The van der Waals surface area contributed by atoms with Crippen LogP contribution in [-0.2, 0) is 4.74 Å². The van der Waals surface area contributed by atoms with E-state index >= 15 is 0 Å². The molecule has 0 amide bonds. The summed E-state index contributed by atoms with van der Waals surface area (Å²) in [7, 11) is 0. The molecule has 15 heavy (non-hydrogen) atoms. The van der Waals surface area contributed by atoms with Crippen molar-refractivity contribution in [3.63, 3.8) is 0 Å². The Hall–Kier alpha value is -1.02. The number of hydrogen-bond donors (Lipinski definition) is 0. The van der Waals surface area contributed by atoms with Crippen LogP contribution in [0.25, 0.3) is 0 Å². The molecule has 1 heterocycles. The van der Waals surface area contributed by atoms with Crippen LogP contribution in [0.1, 0.15) is 31.7 Å². The number of rotatable bonds is 3. The highest BCUT2D eigenvalue weighted by atomic mass is 16.5. The summed E-state index contributed by atoms with van der Waals surface area (Å²) in [4.78, 5) is 0. The molecule has 0 spiro atoms. The molecule has 2 heteroatoms. The molecule has 82 valence electrons. The van der Waals surface area contributed by atoms with E-state index in [9.17, 15) is 0 Å². The molecule has 2 nitrogen and oxygen atoms in total. The van der Waals surface area contributed by atoms with Crippen molar-refractivity contribution >= 4 is 0 Å². The average molecular weight is 206 g/mol. The van der Waals surface area contributed by atoms with Gasteiger partial charge in [0.1, 0.15) is 11.9 Å². The minimum atomic E-state index is 0.245. The van der Waals surface area contributed by atoms with Gasteiger partial charge in [0.25, 0.3) is 0 Å². The van der Waals surface area contributed by atoms with Crippen LogP contribution in [0.15, 0.2) is 24.3 Å². The van der Waals surface area contributed by atoms with Gasteiger partial charge in [-0.15, -0.1) is 0 Å². The van der Waals surface area contributed by atoms with E-state index in [1.165, 1.54) is 5.56 Å². The van der Waals surface area contributed by atoms with Gasteiger partial charge in [-0.05, 0) is 23.6 Å². The first-order valence-corrected chi connectivity index (χ1v) is 5.60. The lowest BCUT2D eigenvalue weighted by Gasteiger charge is -2.12. The summed E-state index contributed by atoms with van der Waals surface area (Å²) in [6, 6.07) is 8.37. The highest BCUT2D eigenvalue weighted by molar-refractivity contribution is 5.29. The van der Waals surface area contributed by atoms with Crippen molar-refractivity contribution in [1.29, 1.82) is 0 Å². The molecule has 0 radical (unpaired) electrons. The molecule has 0 bridgehead atoms. The van der Waals surface area contributed by atoms with Gasteiger partial charge in [-0.3, -0.25) is 0 Å². The van der Waals surface area contributed by atoms with E-state index in [-0.39, 0.29) is 6.10 Å². The Morgan fingerprint density at radius 3 is 2.53 bits per heavy atom. The zero-order valence-corrected chi connectivity index (χ0v) is 9.40. The molecule has 0 aliphatic carbocycles. The predicted molar refractivity (Wildman–Crippen MR) is 60.4 cm³/mol. The summed E-state index contributed by atoms with van der Waals surface area (Å²) in [5.74, 6) is 1.53. The van der Waals surface area contributed by atoms with Gasteiger partial charge in [0.15, 0.2) is 0 Å². The molecule has 1 saturated heterocycles. The zero-order chi connectivity index (χ0) is 10.7. The van der Waals surface area contributed by atoms with Gasteiger partial charge < -0.3 is 9.47 Å². The Morgan fingerprint density at radius 2 is 2.00 bits per heavy atom. The largest absolute Gasteiger partial charge is 0.488 e. The normalized spacial score (nSPS) is 20.9. The van der Waals surface area contributed by atoms with Crippen molar-refractivity contribution in [1.82, 2.24) is 0 Å². The molecule has 0 saturated carbocycles.